The van der Waals surface area contributed by atoms with Gasteiger partial charge in [0, 0.05) is 6.04 Å². The van der Waals surface area contributed by atoms with Gasteiger partial charge in [0.1, 0.15) is 0 Å². The lowest BCUT2D eigenvalue weighted by molar-refractivity contribution is 0.581. The molecule has 2 N–H and O–H groups in total. The van der Waals surface area contributed by atoms with E-state index in [4.69, 9.17) is 5.73 Å². The number of hydrogen-bond acceptors (Lipinski definition) is 1. The van der Waals surface area contributed by atoms with E-state index in [0.29, 0.717) is 0 Å². The molecule has 2 rings (SSSR count). The maximum Gasteiger partial charge on any atom is 0.0294 e. The van der Waals surface area contributed by atoms with Gasteiger partial charge in [-0.2, -0.15) is 0 Å². The molecule has 1 nitrogen and oxygen atoms in total. The predicted molar refractivity (Wildman–Crippen MR) is 82.9 cm³/mol. The molecule has 0 radical (unpaired) electrons. The third-order valence-corrected chi connectivity index (χ3v) is 3.56. The summed E-state index contributed by atoms with van der Waals surface area (Å²) in [6, 6.07) is 19.3. The number of rotatable bonds is 6. The minimum Gasteiger partial charge on any atom is -0.324 e. The Kier molecular flexibility index (Phi) is 5.17. The fraction of sp³-hybridized carbons (Fsp3) is 0.333. The molecule has 0 amide bonds. The molecule has 0 unspecified atom stereocenters. The predicted octanol–water partition coefficient (Wildman–Crippen LogP) is 4.93. The van der Waals surface area contributed by atoms with Gasteiger partial charge in [0.05, 0.1) is 0 Å². The molecular weight excluding hydrogens is 230 g/mol. The highest BCUT2D eigenvalue weighted by atomic mass is 14.6. The van der Waals surface area contributed by atoms with Crippen LogP contribution in [0.4, 0.5) is 0 Å². The van der Waals surface area contributed by atoms with Crippen molar-refractivity contribution in [3.8, 4) is 11.1 Å². The van der Waals surface area contributed by atoms with Gasteiger partial charge in [0.25, 0.3) is 0 Å². The van der Waals surface area contributed by atoms with Crippen molar-refractivity contribution in [2.24, 2.45) is 5.73 Å². The maximum absolute atomic E-state index is 6.22. The summed E-state index contributed by atoms with van der Waals surface area (Å²) in [7, 11) is 0. The number of benzene rings is 2. The van der Waals surface area contributed by atoms with Gasteiger partial charge in [-0.05, 0) is 23.1 Å². The minimum atomic E-state index is 0.177. The van der Waals surface area contributed by atoms with Crippen LogP contribution in [0.25, 0.3) is 11.1 Å². The lowest BCUT2D eigenvalue weighted by Gasteiger charge is -2.12. The van der Waals surface area contributed by atoms with E-state index in [1.807, 2.05) is 6.07 Å². The van der Waals surface area contributed by atoms with Crippen molar-refractivity contribution in [2.45, 2.75) is 38.6 Å². The first-order valence-electron chi connectivity index (χ1n) is 7.22. The second kappa shape index (κ2) is 7.10. The first-order chi connectivity index (χ1) is 9.31. The third-order valence-electron chi connectivity index (χ3n) is 3.56. The zero-order chi connectivity index (χ0) is 13.5. The van der Waals surface area contributed by atoms with Crippen molar-refractivity contribution in [1.82, 2.24) is 0 Å². The van der Waals surface area contributed by atoms with Gasteiger partial charge in [-0.25, -0.2) is 0 Å². The van der Waals surface area contributed by atoms with Crippen molar-refractivity contribution in [2.75, 3.05) is 0 Å². The van der Waals surface area contributed by atoms with Crippen LogP contribution in [0.3, 0.4) is 0 Å². The van der Waals surface area contributed by atoms with E-state index in [1.54, 1.807) is 0 Å². The molecule has 19 heavy (non-hydrogen) atoms. The van der Waals surface area contributed by atoms with Gasteiger partial charge in [-0.15, -0.1) is 0 Å². The molecule has 0 heterocycles. The Labute approximate surface area is 116 Å². The summed E-state index contributed by atoms with van der Waals surface area (Å²) >= 11 is 0. The van der Waals surface area contributed by atoms with Crippen LogP contribution in [0, 0.1) is 0 Å². The summed E-state index contributed by atoms with van der Waals surface area (Å²) in [5.41, 5.74) is 9.98. The lowest BCUT2D eigenvalue weighted by Crippen LogP contribution is -2.09. The SMILES string of the molecule is CCCCC[C@@H](N)c1ccc(-c2ccccc2)cc1. The van der Waals surface area contributed by atoms with Crippen LogP contribution in [0.5, 0.6) is 0 Å². The molecule has 0 aliphatic rings. The Morgan fingerprint density at radius 1 is 0.842 bits per heavy atom. The molecule has 0 bridgehead atoms. The topological polar surface area (TPSA) is 26.0 Å². The van der Waals surface area contributed by atoms with Crippen LogP contribution in [0.1, 0.15) is 44.2 Å². The van der Waals surface area contributed by atoms with E-state index < -0.39 is 0 Å². The van der Waals surface area contributed by atoms with Crippen molar-refractivity contribution in [3.05, 3.63) is 60.2 Å². The summed E-state index contributed by atoms with van der Waals surface area (Å²) in [5, 5.41) is 0. The summed E-state index contributed by atoms with van der Waals surface area (Å²) in [6.07, 6.45) is 4.83. The molecule has 0 spiro atoms. The first kappa shape index (κ1) is 13.8. The molecule has 2 aromatic rings. The van der Waals surface area contributed by atoms with Crippen molar-refractivity contribution >= 4 is 0 Å². The van der Waals surface area contributed by atoms with E-state index in [9.17, 15) is 0 Å². The Balaban J connectivity index is 2.02. The molecule has 0 saturated carbocycles. The Morgan fingerprint density at radius 2 is 1.47 bits per heavy atom. The van der Waals surface area contributed by atoms with E-state index in [2.05, 4.69) is 55.5 Å². The van der Waals surface area contributed by atoms with Crippen LogP contribution in [0.15, 0.2) is 54.6 Å². The van der Waals surface area contributed by atoms with Crippen molar-refractivity contribution in [1.29, 1.82) is 0 Å². The smallest absolute Gasteiger partial charge is 0.0294 e. The average molecular weight is 253 g/mol. The second-order valence-corrected chi connectivity index (χ2v) is 5.09. The molecule has 0 saturated heterocycles. The number of unbranched alkanes of at least 4 members (excludes halogenated alkanes) is 2. The van der Waals surface area contributed by atoms with Gasteiger partial charge in [-0.3, -0.25) is 0 Å². The molecular formula is C18H23N. The van der Waals surface area contributed by atoms with Gasteiger partial charge in [0.2, 0.25) is 0 Å². The zero-order valence-electron chi connectivity index (χ0n) is 11.7. The number of nitrogens with two attached hydrogens (primary N) is 1. The first-order valence-corrected chi connectivity index (χ1v) is 7.22. The molecule has 0 aliphatic carbocycles. The van der Waals surface area contributed by atoms with Crippen molar-refractivity contribution in [3.63, 3.8) is 0 Å². The Morgan fingerprint density at radius 3 is 2.11 bits per heavy atom. The molecule has 1 atom stereocenters. The highest BCUT2D eigenvalue weighted by molar-refractivity contribution is 5.63. The average Bonchev–Trinajstić information content (AvgIpc) is 2.48. The molecule has 0 aromatic heterocycles. The van der Waals surface area contributed by atoms with E-state index >= 15 is 0 Å². The van der Waals surface area contributed by atoms with Gasteiger partial charge in [0.15, 0.2) is 0 Å². The zero-order valence-corrected chi connectivity index (χ0v) is 11.7. The third kappa shape index (κ3) is 3.93. The van der Waals surface area contributed by atoms with Gasteiger partial charge in [-0.1, -0.05) is 80.8 Å². The monoisotopic (exact) mass is 253 g/mol. The minimum absolute atomic E-state index is 0.177. The molecule has 0 aliphatic heterocycles. The van der Waals surface area contributed by atoms with Crippen LogP contribution >= 0.6 is 0 Å². The molecule has 1 heteroatoms. The lowest BCUT2D eigenvalue weighted by atomic mass is 9.98. The van der Waals surface area contributed by atoms with E-state index in [0.717, 1.165) is 6.42 Å². The molecule has 100 valence electrons. The van der Waals surface area contributed by atoms with Crippen LogP contribution in [0.2, 0.25) is 0 Å². The second-order valence-electron chi connectivity index (χ2n) is 5.09. The Hall–Kier alpha value is -1.60. The van der Waals surface area contributed by atoms with Gasteiger partial charge < -0.3 is 5.73 Å². The summed E-state index contributed by atoms with van der Waals surface area (Å²) in [4.78, 5) is 0. The Bertz CT molecular complexity index is 473. The van der Waals surface area contributed by atoms with Gasteiger partial charge >= 0.3 is 0 Å². The van der Waals surface area contributed by atoms with E-state index in [1.165, 1.54) is 36.0 Å². The van der Waals surface area contributed by atoms with Crippen LogP contribution < -0.4 is 5.73 Å². The van der Waals surface area contributed by atoms with Crippen LogP contribution in [-0.2, 0) is 0 Å². The fourth-order valence-electron chi connectivity index (χ4n) is 2.33. The van der Waals surface area contributed by atoms with E-state index in [-0.39, 0.29) is 6.04 Å². The van der Waals surface area contributed by atoms with Crippen LogP contribution in [-0.4, -0.2) is 0 Å². The van der Waals surface area contributed by atoms with Crippen molar-refractivity contribution < 1.29 is 0 Å². The summed E-state index contributed by atoms with van der Waals surface area (Å²) in [5.74, 6) is 0. The standard InChI is InChI=1S/C18H23N/c1-2-3-5-10-18(19)17-13-11-16(12-14-17)15-8-6-4-7-9-15/h4,6-9,11-14,18H,2-3,5,10,19H2,1H3/t18-/m1/s1. The fourth-order valence-corrected chi connectivity index (χ4v) is 2.33. The molecule has 2 aromatic carbocycles. The maximum atomic E-state index is 6.22. The highest BCUT2D eigenvalue weighted by Crippen LogP contribution is 2.23. The summed E-state index contributed by atoms with van der Waals surface area (Å²) < 4.78 is 0. The quantitative estimate of drug-likeness (QED) is 0.725. The normalized spacial score (nSPS) is 12.3. The highest BCUT2D eigenvalue weighted by Gasteiger charge is 2.05. The summed E-state index contributed by atoms with van der Waals surface area (Å²) in [6.45, 7) is 2.22. The number of hydrogen-bond donors (Lipinski definition) is 1. The molecule has 0 fully saturated rings. The largest absolute Gasteiger partial charge is 0.324 e.